The number of carbonyl (C=O) groups excluding carboxylic acids is 2. The molecular formula is C17H26N2O5. The highest BCUT2D eigenvalue weighted by molar-refractivity contribution is 5.83. The van der Waals surface area contributed by atoms with Gasteiger partial charge in [-0.3, -0.25) is 9.59 Å². The van der Waals surface area contributed by atoms with Crippen LogP contribution in [0.4, 0.5) is 0 Å². The molecule has 0 radical (unpaired) electrons. The monoisotopic (exact) mass is 338 g/mol. The summed E-state index contributed by atoms with van der Waals surface area (Å²) in [6.45, 7) is 2.15. The number of aliphatic carboxylic acids is 1. The quantitative estimate of drug-likeness (QED) is 0.825. The molecule has 2 aliphatic heterocycles. The molecule has 7 heteroatoms. The van der Waals surface area contributed by atoms with Gasteiger partial charge < -0.3 is 19.6 Å². The lowest BCUT2D eigenvalue weighted by Crippen LogP contribution is -2.54. The Morgan fingerprint density at radius 3 is 1.83 bits per heavy atom. The number of piperazine rings is 1. The molecule has 0 unspecified atom stereocenters. The zero-order chi connectivity index (χ0) is 17.1. The van der Waals surface area contributed by atoms with Gasteiger partial charge in [0, 0.05) is 32.1 Å². The van der Waals surface area contributed by atoms with Crippen molar-refractivity contribution >= 4 is 17.8 Å². The van der Waals surface area contributed by atoms with E-state index in [-0.39, 0.29) is 17.7 Å². The molecule has 134 valence electrons. The number of carbonyl (C=O) groups is 3. The fraction of sp³-hybridized carbons (Fsp3) is 0.824. The predicted octanol–water partition coefficient (Wildman–Crippen LogP) is 0.870. The first kappa shape index (κ1) is 17.2. The first-order valence-electron chi connectivity index (χ1n) is 9.02. The molecule has 3 rings (SSSR count). The van der Waals surface area contributed by atoms with Gasteiger partial charge in [0.15, 0.2) is 6.10 Å². The predicted molar refractivity (Wildman–Crippen MR) is 85.3 cm³/mol. The molecule has 0 spiro atoms. The number of rotatable bonds is 3. The zero-order valence-electron chi connectivity index (χ0n) is 14.0. The molecule has 2 atom stereocenters. The molecule has 3 aliphatic rings. The van der Waals surface area contributed by atoms with E-state index in [1.54, 1.807) is 4.90 Å². The molecule has 2 saturated heterocycles. The second kappa shape index (κ2) is 7.51. The number of carboxylic acid groups (broad SMARTS) is 1. The Morgan fingerprint density at radius 1 is 0.750 bits per heavy atom. The topological polar surface area (TPSA) is 87.2 Å². The smallest absolute Gasteiger partial charge is 0.332 e. The number of nitrogens with zero attached hydrogens (tertiary/aromatic N) is 2. The SMILES string of the molecule is O=C(O)[C@H]1CC[C@@H](C(=O)N2CCN(C(=O)C3CCCCC3)CC2)O1. The third-order valence-electron chi connectivity index (χ3n) is 5.43. The van der Waals surface area contributed by atoms with Crippen LogP contribution < -0.4 is 0 Å². The van der Waals surface area contributed by atoms with Crippen molar-refractivity contribution in [2.24, 2.45) is 5.92 Å². The van der Waals surface area contributed by atoms with Gasteiger partial charge in [0.1, 0.15) is 6.10 Å². The van der Waals surface area contributed by atoms with Crippen LogP contribution in [0, 0.1) is 5.92 Å². The summed E-state index contributed by atoms with van der Waals surface area (Å²) in [5, 5.41) is 8.95. The van der Waals surface area contributed by atoms with E-state index < -0.39 is 18.2 Å². The van der Waals surface area contributed by atoms with Crippen molar-refractivity contribution in [1.82, 2.24) is 9.80 Å². The Bertz CT molecular complexity index is 495. The molecule has 1 N–H and O–H groups in total. The van der Waals surface area contributed by atoms with Crippen molar-refractivity contribution in [2.45, 2.75) is 57.2 Å². The molecule has 1 saturated carbocycles. The van der Waals surface area contributed by atoms with E-state index in [0.29, 0.717) is 39.0 Å². The van der Waals surface area contributed by atoms with E-state index in [0.717, 1.165) is 25.7 Å². The number of ether oxygens (including phenoxy) is 1. The number of amides is 2. The third kappa shape index (κ3) is 3.71. The van der Waals surface area contributed by atoms with Crippen molar-refractivity contribution in [2.75, 3.05) is 26.2 Å². The van der Waals surface area contributed by atoms with Crippen molar-refractivity contribution in [3.63, 3.8) is 0 Å². The highest BCUT2D eigenvalue weighted by Gasteiger charge is 2.38. The summed E-state index contributed by atoms with van der Waals surface area (Å²) in [4.78, 5) is 39.5. The first-order chi connectivity index (χ1) is 11.6. The maximum Gasteiger partial charge on any atom is 0.332 e. The fourth-order valence-electron chi connectivity index (χ4n) is 3.96. The number of hydrogen-bond donors (Lipinski definition) is 1. The second-order valence-corrected chi connectivity index (χ2v) is 7.01. The summed E-state index contributed by atoms with van der Waals surface area (Å²) in [5.74, 6) is -0.739. The summed E-state index contributed by atoms with van der Waals surface area (Å²) in [6, 6.07) is 0. The van der Waals surface area contributed by atoms with E-state index >= 15 is 0 Å². The Labute approximate surface area is 141 Å². The maximum absolute atomic E-state index is 12.5. The zero-order valence-corrected chi connectivity index (χ0v) is 14.0. The van der Waals surface area contributed by atoms with E-state index in [1.165, 1.54) is 6.42 Å². The highest BCUT2D eigenvalue weighted by Crippen LogP contribution is 2.26. The summed E-state index contributed by atoms with van der Waals surface area (Å²) < 4.78 is 5.34. The van der Waals surface area contributed by atoms with E-state index in [2.05, 4.69) is 0 Å². The van der Waals surface area contributed by atoms with Gasteiger partial charge in [0.2, 0.25) is 5.91 Å². The van der Waals surface area contributed by atoms with Crippen molar-refractivity contribution in [1.29, 1.82) is 0 Å². The van der Waals surface area contributed by atoms with E-state index in [4.69, 9.17) is 9.84 Å². The minimum Gasteiger partial charge on any atom is -0.479 e. The lowest BCUT2D eigenvalue weighted by molar-refractivity contribution is -0.156. The number of hydrogen-bond acceptors (Lipinski definition) is 4. The first-order valence-corrected chi connectivity index (χ1v) is 9.02. The molecule has 24 heavy (non-hydrogen) atoms. The minimum atomic E-state index is -1.01. The van der Waals surface area contributed by atoms with E-state index in [1.807, 2.05) is 4.90 Å². The minimum absolute atomic E-state index is 0.136. The standard InChI is InChI=1S/C17H26N2O5/c20-15(12-4-2-1-3-5-12)18-8-10-19(11-9-18)16(21)13-6-7-14(24-13)17(22)23/h12-14H,1-11H2,(H,22,23)/t13-,14+/m0/s1. The molecule has 1 aliphatic carbocycles. The molecular weight excluding hydrogens is 312 g/mol. The Balaban J connectivity index is 1.47. The summed E-state index contributed by atoms with van der Waals surface area (Å²) in [5.41, 5.74) is 0. The molecule has 0 bridgehead atoms. The van der Waals surface area contributed by atoms with Crippen LogP contribution in [-0.2, 0) is 19.1 Å². The van der Waals surface area contributed by atoms with Crippen LogP contribution in [0.3, 0.4) is 0 Å². The van der Waals surface area contributed by atoms with Gasteiger partial charge in [-0.25, -0.2) is 4.79 Å². The van der Waals surface area contributed by atoms with Gasteiger partial charge in [-0.15, -0.1) is 0 Å². The molecule has 0 aromatic heterocycles. The molecule has 2 heterocycles. The van der Waals surface area contributed by atoms with Gasteiger partial charge in [-0.1, -0.05) is 19.3 Å². The largest absolute Gasteiger partial charge is 0.479 e. The Morgan fingerprint density at radius 2 is 1.29 bits per heavy atom. The van der Waals surface area contributed by atoms with Crippen molar-refractivity contribution < 1.29 is 24.2 Å². The molecule has 7 nitrogen and oxygen atoms in total. The highest BCUT2D eigenvalue weighted by atomic mass is 16.5. The molecule has 2 amide bonds. The number of carboxylic acids is 1. The van der Waals surface area contributed by atoms with Gasteiger partial charge in [-0.2, -0.15) is 0 Å². The fourth-order valence-corrected chi connectivity index (χ4v) is 3.96. The van der Waals surface area contributed by atoms with Crippen LogP contribution in [0.15, 0.2) is 0 Å². The van der Waals surface area contributed by atoms with Gasteiger partial charge in [-0.05, 0) is 25.7 Å². The third-order valence-corrected chi connectivity index (χ3v) is 5.43. The lowest BCUT2D eigenvalue weighted by Gasteiger charge is -2.37. The molecule has 0 aromatic rings. The van der Waals surface area contributed by atoms with Crippen LogP contribution >= 0.6 is 0 Å². The van der Waals surface area contributed by atoms with Crippen LogP contribution in [0.2, 0.25) is 0 Å². The summed E-state index contributed by atoms with van der Waals surface area (Å²) in [7, 11) is 0. The van der Waals surface area contributed by atoms with Gasteiger partial charge in [0.25, 0.3) is 5.91 Å². The second-order valence-electron chi connectivity index (χ2n) is 7.01. The molecule has 0 aromatic carbocycles. The summed E-state index contributed by atoms with van der Waals surface area (Å²) in [6.07, 6.45) is 4.81. The average molecular weight is 338 g/mol. The normalized spacial score (nSPS) is 28.8. The summed E-state index contributed by atoms with van der Waals surface area (Å²) >= 11 is 0. The van der Waals surface area contributed by atoms with E-state index in [9.17, 15) is 14.4 Å². The van der Waals surface area contributed by atoms with Crippen LogP contribution in [0.25, 0.3) is 0 Å². The Kier molecular flexibility index (Phi) is 5.38. The van der Waals surface area contributed by atoms with Crippen molar-refractivity contribution in [3.05, 3.63) is 0 Å². The Hall–Kier alpha value is -1.63. The average Bonchev–Trinajstić information content (AvgIpc) is 3.12. The van der Waals surface area contributed by atoms with Crippen LogP contribution in [0.5, 0.6) is 0 Å². The lowest BCUT2D eigenvalue weighted by atomic mass is 9.88. The van der Waals surface area contributed by atoms with Crippen LogP contribution in [0.1, 0.15) is 44.9 Å². The van der Waals surface area contributed by atoms with Crippen LogP contribution in [-0.4, -0.2) is 71.1 Å². The van der Waals surface area contributed by atoms with Gasteiger partial charge >= 0.3 is 5.97 Å². The van der Waals surface area contributed by atoms with Crippen molar-refractivity contribution in [3.8, 4) is 0 Å². The maximum atomic E-state index is 12.5. The van der Waals surface area contributed by atoms with Gasteiger partial charge in [0.05, 0.1) is 0 Å². The molecule has 3 fully saturated rings.